The van der Waals surface area contributed by atoms with Crippen molar-refractivity contribution in [3.05, 3.63) is 22.5 Å². The van der Waals surface area contributed by atoms with E-state index in [4.69, 9.17) is 9.47 Å². The van der Waals surface area contributed by atoms with Crippen LogP contribution < -0.4 is 0 Å². The van der Waals surface area contributed by atoms with E-state index in [1.165, 1.54) is 12.8 Å². The van der Waals surface area contributed by atoms with Crippen molar-refractivity contribution in [3.63, 3.8) is 0 Å². The molecule has 0 spiro atoms. The normalized spacial score (nSPS) is 13.5. The summed E-state index contributed by atoms with van der Waals surface area (Å²) in [4.78, 5) is 25.7. The molecule has 1 aliphatic carbocycles. The van der Waals surface area contributed by atoms with Gasteiger partial charge in [-0.15, -0.1) is 11.8 Å². The highest BCUT2D eigenvalue weighted by atomic mass is 16.6. The van der Waals surface area contributed by atoms with Gasteiger partial charge in [0.2, 0.25) is 0 Å². The second-order valence-corrected chi connectivity index (χ2v) is 9.57. The second kappa shape index (κ2) is 10.7. The van der Waals surface area contributed by atoms with Crippen LogP contribution >= 0.6 is 0 Å². The lowest BCUT2D eigenvalue weighted by Crippen LogP contribution is -2.27. The number of carbonyl (C=O) groups excluding carboxylic acids is 2. The van der Waals surface area contributed by atoms with Crippen LogP contribution in [-0.2, 0) is 29.4 Å². The van der Waals surface area contributed by atoms with Gasteiger partial charge in [-0.25, -0.2) is 9.59 Å². The number of rotatable bonds is 3. The maximum Gasteiger partial charge on any atom is 0.355 e. The molecule has 0 saturated heterocycles. The molecule has 1 aromatic heterocycles. The lowest BCUT2D eigenvalue weighted by Gasteiger charge is -2.21. The summed E-state index contributed by atoms with van der Waals surface area (Å²) in [6.45, 7) is 15.3. The number of fused-ring (bicyclic) bond motifs is 1. The highest BCUT2D eigenvalue weighted by Gasteiger charge is 2.33. The summed E-state index contributed by atoms with van der Waals surface area (Å²) in [7, 11) is 1.73. The van der Waals surface area contributed by atoms with Crippen LogP contribution in [0.5, 0.6) is 0 Å². The molecule has 0 N–H and O–H groups in total. The molecule has 30 heavy (non-hydrogen) atoms. The number of hydrogen-bond donors (Lipinski definition) is 0. The first-order valence-electron chi connectivity index (χ1n) is 10.9. The molecule has 0 fully saturated rings. The van der Waals surface area contributed by atoms with Crippen molar-refractivity contribution in [1.29, 1.82) is 0 Å². The number of aromatic nitrogens is 1. The number of nitrogens with zero attached hydrogens (tertiary/aromatic N) is 1. The molecular formula is C25H39NO4. The highest BCUT2D eigenvalue weighted by molar-refractivity contribution is 5.97. The standard InChI is InChI=1S/C21H29NO4.C4H10/c1-20(2,3)25-18(23)16-14-12-10-8-9-11-13-15(14)17(22(16)7)19(24)26-21(4,5)6;1-3-4-2/h10-13H2,1-7H3;3-4H2,1-2H3. The molecule has 0 aromatic carbocycles. The zero-order valence-electron chi connectivity index (χ0n) is 20.3. The van der Waals surface area contributed by atoms with Crippen LogP contribution in [0.1, 0.15) is 113 Å². The summed E-state index contributed by atoms with van der Waals surface area (Å²) in [6.07, 6.45) is 5.18. The molecule has 2 rings (SSSR count). The van der Waals surface area contributed by atoms with Gasteiger partial charge in [0.25, 0.3) is 0 Å². The molecule has 0 bridgehead atoms. The largest absolute Gasteiger partial charge is 0.455 e. The predicted octanol–water partition coefficient (Wildman–Crippen LogP) is 5.62. The Morgan fingerprint density at radius 3 is 1.40 bits per heavy atom. The van der Waals surface area contributed by atoms with Crippen molar-refractivity contribution in [1.82, 2.24) is 4.57 Å². The van der Waals surface area contributed by atoms with Crippen LogP contribution in [0.15, 0.2) is 0 Å². The van der Waals surface area contributed by atoms with Crippen LogP contribution in [0.4, 0.5) is 0 Å². The molecule has 1 aromatic rings. The van der Waals surface area contributed by atoms with Gasteiger partial charge in [-0.2, -0.15) is 0 Å². The van der Waals surface area contributed by atoms with Crippen molar-refractivity contribution < 1.29 is 19.1 Å². The van der Waals surface area contributed by atoms with Crippen LogP contribution in [0, 0.1) is 11.8 Å². The molecule has 1 aliphatic rings. The van der Waals surface area contributed by atoms with Gasteiger partial charge >= 0.3 is 11.9 Å². The average molecular weight is 418 g/mol. The van der Waals surface area contributed by atoms with Gasteiger partial charge < -0.3 is 14.0 Å². The highest BCUT2D eigenvalue weighted by Crippen LogP contribution is 2.29. The fourth-order valence-corrected chi connectivity index (χ4v) is 3.07. The lowest BCUT2D eigenvalue weighted by molar-refractivity contribution is 0.00524. The molecule has 0 aliphatic heterocycles. The van der Waals surface area contributed by atoms with E-state index in [0.717, 1.165) is 11.1 Å². The molecule has 5 nitrogen and oxygen atoms in total. The van der Waals surface area contributed by atoms with Crippen LogP contribution in [-0.4, -0.2) is 27.7 Å². The summed E-state index contributed by atoms with van der Waals surface area (Å²) in [5.41, 5.74) is 1.36. The Kier molecular flexibility index (Phi) is 9.21. The van der Waals surface area contributed by atoms with Crippen LogP contribution in [0.2, 0.25) is 0 Å². The first-order valence-corrected chi connectivity index (χ1v) is 10.9. The van der Waals surface area contributed by atoms with Gasteiger partial charge in [0, 0.05) is 19.9 Å². The first-order chi connectivity index (χ1) is 13.8. The monoisotopic (exact) mass is 417 g/mol. The Labute approximate surface area is 182 Å². The topological polar surface area (TPSA) is 57.5 Å². The fraction of sp³-hybridized carbons (Fsp3) is 0.680. The van der Waals surface area contributed by atoms with E-state index in [-0.39, 0.29) is 0 Å². The summed E-state index contributed by atoms with van der Waals surface area (Å²) in [5.74, 6) is 5.39. The molecule has 0 atom stereocenters. The molecule has 168 valence electrons. The SMILES string of the molecule is CCCC.Cn1c(C(=O)OC(C)(C)C)c2c(c1C(=O)OC(C)(C)C)CCC#CCC2. The van der Waals surface area contributed by atoms with Crippen LogP contribution in [0.3, 0.4) is 0 Å². The van der Waals surface area contributed by atoms with E-state index in [1.807, 2.05) is 41.5 Å². The van der Waals surface area contributed by atoms with Gasteiger partial charge in [0.05, 0.1) is 0 Å². The van der Waals surface area contributed by atoms with E-state index >= 15 is 0 Å². The first kappa shape index (κ1) is 25.8. The Bertz CT molecular complexity index is 744. The molecule has 0 saturated carbocycles. The minimum absolute atomic E-state index is 0.417. The summed E-state index contributed by atoms with van der Waals surface area (Å²) in [5, 5.41) is 0. The number of carbonyl (C=O) groups is 2. The maximum absolute atomic E-state index is 12.8. The van der Waals surface area contributed by atoms with Crippen LogP contribution in [0.25, 0.3) is 0 Å². The molecule has 0 amide bonds. The smallest absolute Gasteiger partial charge is 0.355 e. The summed E-state index contributed by atoms with van der Waals surface area (Å²) in [6, 6.07) is 0. The van der Waals surface area contributed by atoms with Crippen molar-refractivity contribution >= 4 is 11.9 Å². The fourth-order valence-electron chi connectivity index (χ4n) is 3.07. The quantitative estimate of drug-likeness (QED) is 0.473. The summed E-state index contributed by atoms with van der Waals surface area (Å²) < 4.78 is 12.8. The number of ether oxygens (including phenoxy) is 2. The zero-order chi connectivity index (χ0) is 23.1. The van der Waals surface area contributed by atoms with Crippen molar-refractivity contribution in [3.8, 4) is 11.8 Å². The maximum atomic E-state index is 12.8. The van der Waals surface area contributed by atoms with Gasteiger partial charge in [-0.1, -0.05) is 26.7 Å². The predicted molar refractivity (Wildman–Crippen MR) is 121 cm³/mol. The Hall–Kier alpha value is -2.22. The van der Waals surface area contributed by atoms with E-state index in [0.29, 0.717) is 37.1 Å². The van der Waals surface area contributed by atoms with Gasteiger partial charge in [-0.05, 0) is 65.5 Å². The van der Waals surface area contributed by atoms with Gasteiger partial charge in [-0.3, -0.25) is 0 Å². The number of hydrogen-bond acceptors (Lipinski definition) is 4. The minimum Gasteiger partial charge on any atom is -0.455 e. The zero-order valence-corrected chi connectivity index (χ0v) is 20.3. The van der Waals surface area contributed by atoms with Crippen molar-refractivity contribution in [2.24, 2.45) is 7.05 Å². The van der Waals surface area contributed by atoms with Gasteiger partial charge in [0.1, 0.15) is 22.6 Å². The Balaban J connectivity index is 0.00000103. The third kappa shape index (κ3) is 7.55. The third-order valence-electron chi connectivity index (χ3n) is 4.42. The average Bonchev–Trinajstić information content (AvgIpc) is 2.83. The lowest BCUT2D eigenvalue weighted by atomic mass is 9.97. The Morgan fingerprint density at radius 2 is 1.13 bits per heavy atom. The molecule has 5 heteroatoms. The van der Waals surface area contributed by atoms with E-state index < -0.39 is 23.1 Å². The van der Waals surface area contributed by atoms with Gasteiger partial charge in [0.15, 0.2) is 0 Å². The number of unbranched alkanes of at least 4 members (excludes halogenated alkanes) is 1. The minimum atomic E-state index is -0.609. The second-order valence-electron chi connectivity index (χ2n) is 9.57. The van der Waals surface area contributed by atoms with E-state index in [9.17, 15) is 9.59 Å². The Morgan fingerprint density at radius 1 is 0.800 bits per heavy atom. The van der Waals surface area contributed by atoms with Crippen molar-refractivity contribution in [2.45, 2.75) is 105 Å². The molecular weight excluding hydrogens is 378 g/mol. The molecule has 1 heterocycles. The van der Waals surface area contributed by atoms with Crippen molar-refractivity contribution in [2.75, 3.05) is 0 Å². The van der Waals surface area contributed by atoms with E-state index in [1.54, 1.807) is 11.6 Å². The third-order valence-corrected chi connectivity index (χ3v) is 4.42. The molecule has 0 unspecified atom stereocenters. The molecule has 0 radical (unpaired) electrons. The summed E-state index contributed by atoms with van der Waals surface area (Å²) >= 11 is 0. The number of esters is 2. The van der Waals surface area contributed by atoms with E-state index in [2.05, 4.69) is 25.7 Å².